The van der Waals surface area contributed by atoms with Gasteiger partial charge in [0.15, 0.2) is 11.5 Å². The van der Waals surface area contributed by atoms with E-state index in [1.54, 1.807) is 12.5 Å². The van der Waals surface area contributed by atoms with Crippen molar-refractivity contribution in [3.05, 3.63) is 36.3 Å². The molecule has 0 bridgehead atoms. The molecule has 2 aliphatic rings. The van der Waals surface area contributed by atoms with Gasteiger partial charge in [0.05, 0.1) is 0 Å². The lowest BCUT2D eigenvalue weighted by atomic mass is 10.1. The summed E-state index contributed by atoms with van der Waals surface area (Å²) >= 11 is 0. The second kappa shape index (κ2) is 5.42. The minimum absolute atomic E-state index is 0.624. The van der Waals surface area contributed by atoms with Gasteiger partial charge in [-0.1, -0.05) is 6.07 Å². The number of ether oxygens (including phenoxy) is 2. The van der Waals surface area contributed by atoms with Crippen LogP contribution in [0.3, 0.4) is 0 Å². The first kappa shape index (κ1) is 11.6. The van der Waals surface area contributed by atoms with Gasteiger partial charge >= 0.3 is 0 Å². The van der Waals surface area contributed by atoms with Crippen molar-refractivity contribution in [2.45, 2.75) is 25.4 Å². The summed E-state index contributed by atoms with van der Waals surface area (Å²) in [5, 5.41) is 6.96. The van der Waals surface area contributed by atoms with E-state index in [1.165, 1.54) is 18.4 Å². The number of rotatable bonds is 3. The van der Waals surface area contributed by atoms with Gasteiger partial charge in [0.1, 0.15) is 12.5 Å². The van der Waals surface area contributed by atoms with E-state index >= 15 is 0 Å². The summed E-state index contributed by atoms with van der Waals surface area (Å²) in [7, 11) is 0. The Kier molecular flexibility index (Phi) is 3.48. The second-order valence-electron chi connectivity index (χ2n) is 4.69. The molecular weight excluding hydrogens is 228 g/mol. The van der Waals surface area contributed by atoms with Crippen molar-refractivity contribution in [3.8, 4) is 11.5 Å². The predicted octanol–water partition coefficient (Wildman–Crippen LogP) is 1.77. The molecule has 4 heteroatoms. The summed E-state index contributed by atoms with van der Waals surface area (Å²) in [5.41, 5.74) is 1.23. The highest BCUT2D eigenvalue weighted by Crippen LogP contribution is 2.31. The fraction of sp³-hybridized carbons (Fsp3) is 0.429. The molecule has 4 nitrogen and oxygen atoms in total. The summed E-state index contributed by atoms with van der Waals surface area (Å²) in [5.74, 6) is 1.57. The normalized spacial score (nSPS) is 18.9. The van der Waals surface area contributed by atoms with Crippen LogP contribution in [0.2, 0.25) is 0 Å². The lowest BCUT2D eigenvalue weighted by Crippen LogP contribution is -2.39. The van der Waals surface area contributed by atoms with E-state index in [0.717, 1.165) is 31.1 Å². The van der Waals surface area contributed by atoms with Crippen LogP contribution >= 0.6 is 0 Å². The van der Waals surface area contributed by atoms with Gasteiger partial charge in [-0.15, -0.1) is 0 Å². The minimum atomic E-state index is 0.624. The fourth-order valence-corrected chi connectivity index (χ4v) is 2.34. The highest BCUT2D eigenvalue weighted by atomic mass is 16.5. The Hall–Kier alpha value is -1.52. The van der Waals surface area contributed by atoms with Gasteiger partial charge in [0.25, 0.3) is 0 Å². The zero-order valence-corrected chi connectivity index (χ0v) is 10.3. The van der Waals surface area contributed by atoms with Crippen molar-refractivity contribution >= 4 is 0 Å². The molecule has 1 aromatic carbocycles. The number of piperidine rings is 1. The van der Waals surface area contributed by atoms with E-state index in [9.17, 15) is 0 Å². The fourth-order valence-electron chi connectivity index (χ4n) is 2.34. The molecule has 1 fully saturated rings. The Labute approximate surface area is 107 Å². The molecule has 0 spiro atoms. The van der Waals surface area contributed by atoms with Crippen LogP contribution in [0.5, 0.6) is 11.5 Å². The Morgan fingerprint density at radius 3 is 2.72 bits per heavy atom. The monoisotopic (exact) mass is 246 g/mol. The molecule has 1 aromatic rings. The van der Waals surface area contributed by atoms with E-state index < -0.39 is 0 Å². The maximum atomic E-state index is 5.41. The zero-order valence-electron chi connectivity index (χ0n) is 10.3. The number of nitrogens with one attached hydrogen (secondary N) is 2. The molecule has 3 rings (SSSR count). The molecule has 0 aromatic heterocycles. The molecule has 96 valence electrons. The number of fused-ring (bicyclic) bond motifs is 1. The van der Waals surface area contributed by atoms with Crippen molar-refractivity contribution in [3.63, 3.8) is 0 Å². The van der Waals surface area contributed by atoms with Crippen molar-refractivity contribution in [1.82, 2.24) is 10.6 Å². The minimum Gasteiger partial charge on any atom is -0.458 e. The number of hydrogen-bond acceptors (Lipinski definition) is 4. The standard InChI is InChI=1S/C14H18N2O2/c1-2-13-14(18-8-7-17-13)9-11(1)10-16-12-3-5-15-6-4-12/h1-2,7-9,12,15-16H,3-6,10H2. The Morgan fingerprint density at radius 2 is 1.89 bits per heavy atom. The highest BCUT2D eigenvalue weighted by Gasteiger charge is 2.13. The third kappa shape index (κ3) is 2.66. The molecule has 18 heavy (non-hydrogen) atoms. The van der Waals surface area contributed by atoms with E-state index in [2.05, 4.69) is 16.7 Å². The lowest BCUT2D eigenvalue weighted by molar-refractivity contribution is 0.360. The number of benzene rings is 1. The van der Waals surface area contributed by atoms with Crippen LogP contribution in [-0.2, 0) is 6.54 Å². The zero-order chi connectivity index (χ0) is 12.2. The van der Waals surface area contributed by atoms with Crippen LogP contribution in [0.25, 0.3) is 0 Å². The summed E-state index contributed by atoms with van der Waals surface area (Å²) < 4.78 is 10.8. The van der Waals surface area contributed by atoms with Gasteiger partial charge in [-0.05, 0) is 43.6 Å². The molecule has 0 radical (unpaired) electrons. The highest BCUT2D eigenvalue weighted by molar-refractivity contribution is 5.44. The third-order valence-electron chi connectivity index (χ3n) is 3.39. The maximum absolute atomic E-state index is 5.41. The molecule has 1 saturated heterocycles. The molecule has 2 aliphatic heterocycles. The first-order valence-electron chi connectivity index (χ1n) is 6.47. The van der Waals surface area contributed by atoms with Crippen LogP contribution < -0.4 is 20.1 Å². The van der Waals surface area contributed by atoms with Crippen LogP contribution in [0.1, 0.15) is 18.4 Å². The van der Waals surface area contributed by atoms with Crippen LogP contribution in [0.15, 0.2) is 30.7 Å². The average Bonchev–Trinajstić information content (AvgIpc) is 2.46. The van der Waals surface area contributed by atoms with Crippen molar-refractivity contribution < 1.29 is 9.47 Å². The van der Waals surface area contributed by atoms with Crippen molar-refractivity contribution in [1.29, 1.82) is 0 Å². The predicted molar refractivity (Wildman–Crippen MR) is 69.6 cm³/mol. The van der Waals surface area contributed by atoms with E-state index in [0.29, 0.717) is 6.04 Å². The van der Waals surface area contributed by atoms with Gasteiger partial charge in [-0.25, -0.2) is 0 Å². The molecule has 0 aliphatic carbocycles. The topological polar surface area (TPSA) is 42.5 Å². The molecule has 0 amide bonds. The molecule has 0 saturated carbocycles. The first-order chi connectivity index (χ1) is 8.92. The van der Waals surface area contributed by atoms with Crippen LogP contribution in [-0.4, -0.2) is 19.1 Å². The Morgan fingerprint density at radius 1 is 1.11 bits per heavy atom. The summed E-state index contributed by atoms with van der Waals surface area (Å²) in [6, 6.07) is 6.69. The maximum Gasteiger partial charge on any atom is 0.169 e. The van der Waals surface area contributed by atoms with Gasteiger partial charge in [-0.3, -0.25) is 0 Å². The van der Waals surface area contributed by atoms with Crippen LogP contribution in [0, 0.1) is 0 Å². The second-order valence-corrected chi connectivity index (χ2v) is 4.69. The third-order valence-corrected chi connectivity index (χ3v) is 3.39. The molecule has 2 N–H and O–H groups in total. The van der Waals surface area contributed by atoms with E-state index in [1.807, 2.05) is 12.1 Å². The van der Waals surface area contributed by atoms with Crippen molar-refractivity contribution in [2.75, 3.05) is 13.1 Å². The SMILES string of the molecule is C1=COc2cc(CNC3CCNCC3)ccc2O1. The first-order valence-corrected chi connectivity index (χ1v) is 6.47. The average molecular weight is 246 g/mol. The van der Waals surface area contributed by atoms with Crippen molar-refractivity contribution in [2.24, 2.45) is 0 Å². The molecular formula is C14H18N2O2. The lowest BCUT2D eigenvalue weighted by Gasteiger charge is -2.24. The van der Waals surface area contributed by atoms with Gasteiger partial charge in [0.2, 0.25) is 0 Å². The summed E-state index contributed by atoms with van der Waals surface area (Å²) in [6.45, 7) is 3.11. The molecule has 0 unspecified atom stereocenters. The van der Waals surface area contributed by atoms with E-state index in [-0.39, 0.29) is 0 Å². The summed E-state index contributed by atoms with van der Waals surface area (Å²) in [6.07, 6.45) is 5.52. The smallest absolute Gasteiger partial charge is 0.169 e. The quantitative estimate of drug-likeness (QED) is 0.853. The van der Waals surface area contributed by atoms with Gasteiger partial charge in [0, 0.05) is 12.6 Å². The Bertz CT molecular complexity index is 439. The largest absolute Gasteiger partial charge is 0.458 e. The van der Waals surface area contributed by atoms with Crippen LogP contribution in [0.4, 0.5) is 0 Å². The molecule has 0 atom stereocenters. The molecule has 2 heterocycles. The summed E-state index contributed by atoms with van der Waals surface area (Å²) in [4.78, 5) is 0. The number of hydrogen-bond donors (Lipinski definition) is 2. The van der Waals surface area contributed by atoms with Gasteiger partial charge in [-0.2, -0.15) is 0 Å². The van der Waals surface area contributed by atoms with E-state index in [4.69, 9.17) is 9.47 Å². The Balaban J connectivity index is 1.59. The van der Waals surface area contributed by atoms with Gasteiger partial charge < -0.3 is 20.1 Å².